The molecule has 0 spiro atoms. The normalized spacial score (nSPS) is 13.4. The minimum absolute atomic E-state index is 0.0582. The van der Waals surface area contributed by atoms with Crippen molar-refractivity contribution >= 4 is 0 Å². The largest absolute Gasteiger partial charge is 0.399 e. The SMILES string of the molecule is CC(C)(CN)COC(C)(C)CN(N)/C=C(\N)COCCNCCN. The Morgan fingerprint density at radius 3 is 2.42 bits per heavy atom. The van der Waals surface area contributed by atoms with E-state index >= 15 is 0 Å². The molecule has 0 aliphatic carbocycles. The van der Waals surface area contributed by atoms with E-state index in [1.807, 2.05) is 13.8 Å². The first kappa shape index (κ1) is 23.1. The smallest absolute Gasteiger partial charge is 0.0876 e. The highest BCUT2D eigenvalue weighted by atomic mass is 16.5. The van der Waals surface area contributed by atoms with Gasteiger partial charge in [0.05, 0.1) is 37.7 Å². The van der Waals surface area contributed by atoms with E-state index in [0.717, 1.165) is 13.1 Å². The Labute approximate surface area is 146 Å². The fourth-order valence-corrected chi connectivity index (χ4v) is 1.79. The third-order valence-electron chi connectivity index (χ3n) is 3.31. The predicted molar refractivity (Wildman–Crippen MR) is 98.8 cm³/mol. The van der Waals surface area contributed by atoms with E-state index < -0.39 is 5.60 Å². The van der Waals surface area contributed by atoms with Crippen LogP contribution in [-0.2, 0) is 9.47 Å². The van der Waals surface area contributed by atoms with Crippen molar-refractivity contribution in [2.24, 2.45) is 28.5 Å². The van der Waals surface area contributed by atoms with Crippen molar-refractivity contribution in [3.05, 3.63) is 11.9 Å². The molecule has 0 radical (unpaired) electrons. The summed E-state index contributed by atoms with van der Waals surface area (Å²) >= 11 is 0. The van der Waals surface area contributed by atoms with Crippen molar-refractivity contribution in [3.63, 3.8) is 0 Å². The van der Waals surface area contributed by atoms with E-state index in [1.165, 1.54) is 5.01 Å². The number of hydrogen-bond donors (Lipinski definition) is 5. The number of nitrogens with one attached hydrogen (secondary N) is 1. The summed E-state index contributed by atoms with van der Waals surface area (Å²) in [5.74, 6) is 5.99. The van der Waals surface area contributed by atoms with Crippen molar-refractivity contribution in [1.29, 1.82) is 0 Å². The van der Waals surface area contributed by atoms with E-state index in [9.17, 15) is 0 Å². The van der Waals surface area contributed by atoms with Crippen molar-refractivity contribution in [2.75, 3.05) is 52.5 Å². The number of hydrogen-bond acceptors (Lipinski definition) is 8. The second-order valence-electron chi connectivity index (χ2n) is 7.38. The van der Waals surface area contributed by atoms with Crippen molar-refractivity contribution in [2.45, 2.75) is 33.3 Å². The van der Waals surface area contributed by atoms with Gasteiger partial charge in [-0.15, -0.1) is 0 Å². The molecule has 24 heavy (non-hydrogen) atoms. The van der Waals surface area contributed by atoms with Crippen LogP contribution in [0.4, 0.5) is 0 Å². The van der Waals surface area contributed by atoms with Crippen LogP contribution in [0.2, 0.25) is 0 Å². The lowest BCUT2D eigenvalue weighted by atomic mass is 9.95. The molecule has 144 valence electrons. The molecular formula is C16H38N6O2. The summed E-state index contributed by atoms with van der Waals surface area (Å²) < 4.78 is 11.4. The Morgan fingerprint density at radius 2 is 1.83 bits per heavy atom. The third kappa shape index (κ3) is 12.5. The van der Waals surface area contributed by atoms with Crippen LogP contribution in [-0.4, -0.2) is 63.2 Å². The molecule has 0 amide bonds. The zero-order valence-electron chi connectivity index (χ0n) is 15.8. The molecule has 0 saturated heterocycles. The predicted octanol–water partition coefficient (Wildman–Crippen LogP) is -0.693. The molecule has 0 rings (SSSR count). The van der Waals surface area contributed by atoms with Gasteiger partial charge in [-0.1, -0.05) is 13.8 Å². The molecule has 0 saturated carbocycles. The summed E-state index contributed by atoms with van der Waals surface area (Å²) in [6.45, 7) is 12.8. The standard InChI is InChI=1S/C16H38N6O2/c1-15(2,11-18)13-24-16(3,4)12-22(20)9-14(19)10-23-8-7-21-6-5-17/h9,21H,5-8,10-13,17-20H2,1-4H3/b14-9-. The Balaban J connectivity index is 4.12. The van der Waals surface area contributed by atoms with Gasteiger partial charge in [0, 0.05) is 31.2 Å². The maximum Gasteiger partial charge on any atom is 0.0876 e. The van der Waals surface area contributed by atoms with Gasteiger partial charge in [0.15, 0.2) is 0 Å². The minimum atomic E-state index is -0.412. The zero-order valence-corrected chi connectivity index (χ0v) is 15.8. The van der Waals surface area contributed by atoms with Gasteiger partial charge in [0.1, 0.15) is 0 Å². The van der Waals surface area contributed by atoms with Crippen molar-refractivity contribution in [1.82, 2.24) is 10.3 Å². The molecule has 8 nitrogen and oxygen atoms in total. The lowest BCUT2D eigenvalue weighted by Crippen LogP contribution is -2.44. The Kier molecular flexibility index (Phi) is 11.2. The first-order valence-corrected chi connectivity index (χ1v) is 8.42. The molecule has 0 bridgehead atoms. The summed E-state index contributed by atoms with van der Waals surface area (Å²) in [7, 11) is 0. The number of hydrazine groups is 1. The highest BCUT2D eigenvalue weighted by Crippen LogP contribution is 2.19. The topological polar surface area (TPSA) is 138 Å². The van der Waals surface area contributed by atoms with Crippen LogP contribution in [0, 0.1) is 5.41 Å². The number of nitrogens with zero attached hydrogens (tertiary/aromatic N) is 1. The van der Waals surface area contributed by atoms with Gasteiger partial charge in [0.2, 0.25) is 0 Å². The average Bonchev–Trinajstić information content (AvgIpc) is 2.48. The van der Waals surface area contributed by atoms with Crippen LogP contribution in [0.5, 0.6) is 0 Å². The van der Waals surface area contributed by atoms with Crippen LogP contribution in [0.1, 0.15) is 27.7 Å². The molecule has 0 aromatic rings. The highest BCUT2D eigenvalue weighted by molar-refractivity contribution is 4.96. The van der Waals surface area contributed by atoms with Crippen molar-refractivity contribution in [3.8, 4) is 0 Å². The highest BCUT2D eigenvalue weighted by Gasteiger charge is 2.25. The molecule has 8 heteroatoms. The number of rotatable bonds is 14. The van der Waals surface area contributed by atoms with Gasteiger partial charge in [-0.2, -0.15) is 0 Å². The summed E-state index contributed by atoms with van der Waals surface area (Å²) in [5, 5.41) is 4.67. The second kappa shape index (κ2) is 11.6. The van der Waals surface area contributed by atoms with Gasteiger partial charge in [-0.05, 0) is 20.4 Å². The average molecular weight is 347 g/mol. The van der Waals surface area contributed by atoms with Crippen LogP contribution < -0.4 is 28.4 Å². The molecule has 0 fully saturated rings. The Bertz CT molecular complexity index is 360. The van der Waals surface area contributed by atoms with Gasteiger partial charge in [-0.3, -0.25) is 0 Å². The number of ether oxygens (including phenoxy) is 2. The maximum absolute atomic E-state index is 5.99. The monoisotopic (exact) mass is 346 g/mol. The van der Waals surface area contributed by atoms with Gasteiger partial charge in [0.25, 0.3) is 0 Å². The van der Waals surface area contributed by atoms with Crippen LogP contribution in [0.15, 0.2) is 11.9 Å². The van der Waals surface area contributed by atoms with E-state index in [1.54, 1.807) is 6.20 Å². The lowest BCUT2D eigenvalue weighted by Gasteiger charge is -2.33. The first-order valence-electron chi connectivity index (χ1n) is 8.42. The number of nitrogens with two attached hydrogens (primary N) is 4. The molecule has 0 aromatic carbocycles. The van der Waals surface area contributed by atoms with Crippen LogP contribution in [0.25, 0.3) is 0 Å². The lowest BCUT2D eigenvalue weighted by molar-refractivity contribution is -0.0641. The summed E-state index contributed by atoms with van der Waals surface area (Å²) in [6.07, 6.45) is 1.67. The van der Waals surface area contributed by atoms with Crippen LogP contribution >= 0.6 is 0 Å². The van der Waals surface area contributed by atoms with Gasteiger partial charge in [-0.25, -0.2) is 5.84 Å². The fraction of sp³-hybridized carbons (Fsp3) is 0.875. The minimum Gasteiger partial charge on any atom is -0.399 e. The van der Waals surface area contributed by atoms with E-state index in [0.29, 0.717) is 45.2 Å². The van der Waals surface area contributed by atoms with Crippen molar-refractivity contribution < 1.29 is 9.47 Å². The Morgan fingerprint density at radius 1 is 1.17 bits per heavy atom. The van der Waals surface area contributed by atoms with Gasteiger partial charge < -0.3 is 37.0 Å². The molecule has 0 aliphatic heterocycles. The second-order valence-corrected chi connectivity index (χ2v) is 7.38. The van der Waals surface area contributed by atoms with Gasteiger partial charge >= 0.3 is 0 Å². The third-order valence-corrected chi connectivity index (χ3v) is 3.31. The molecule has 0 unspecified atom stereocenters. The zero-order chi connectivity index (χ0) is 18.6. The molecule has 0 aliphatic rings. The molecular weight excluding hydrogens is 308 g/mol. The van der Waals surface area contributed by atoms with E-state index in [2.05, 4.69) is 19.2 Å². The summed E-state index contributed by atoms with van der Waals surface area (Å²) in [6, 6.07) is 0. The quantitative estimate of drug-likeness (QED) is 0.158. The fourth-order valence-electron chi connectivity index (χ4n) is 1.79. The molecule has 0 heterocycles. The molecule has 9 N–H and O–H groups in total. The van der Waals surface area contributed by atoms with E-state index in [-0.39, 0.29) is 5.41 Å². The summed E-state index contributed by atoms with van der Waals surface area (Å²) in [5.41, 5.74) is 17.1. The summed E-state index contributed by atoms with van der Waals surface area (Å²) in [4.78, 5) is 0. The maximum atomic E-state index is 5.99. The van der Waals surface area contributed by atoms with Crippen LogP contribution in [0.3, 0.4) is 0 Å². The Hall–Kier alpha value is -0.900. The van der Waals surface area contributed by atoms with E-state index in [4.69, 9.17) is 32.5 Å². The first-order chi connectivity index (χ1) is 11.1. The molecule has 0 atom stereocenters. The molecule has 0 aromatic heterocycles.